The smallest absolute Gasteiger partial charge is 0.415 e. The summed E-state index contributed by atoms with van der Waals surface area (Å²) in [5.41, 5.74) is 0. The van der Waals surface area contributed by atoms with E-state index in [2.05, 4.69) is 10.1 Å². The maximum Gasteiger partial charge on any atom is 0.415 e. The van der Waals surface area contributed by atoms with Gasteiger partial charge in [-0.15, -0.1) is 16.8 Å². The predicted molar refractivity (Wildman–Crippen MR) is 128 cm³/mol. The molecular weight excluding hydrogens is 462 g/mol. The van der Waals surface area contributed by atoms with Crippen LogP contribution in [0.15, 0.2) is 29.2 Å². The summed E-state index contributed by atoms with van der Waals surface area (Å²) in [5.74, 6) is -0.212. The maximum atomic E-state index is 12.8. The van der Waals surface area contributed by atoms with Crippen molar-refractivity contribution in [3.8, 4) is 5.75 Å². The molecule has 1 aromatic rings. The van der Waals surface area contributed by atoms with Crippen molar-refractivity contribution >= 4 is 35.7 Å². The molecule has 34 heavy (non-hydrogen) atoms. The van der Waals surface area contributed by atoms with Gasteiger partial charge in [-0.2, -0.15) is 0 Å². The lowest BCUT2D eigenvalue weighted by molar-refractivity contribution is -0.157. The van der Waals surface area contributed by atoms with Crippen molar-refractivity contribution < 1.29 is 33.9 Å². The van der Waals surface area contributed by atoms with Crippen LogP contribution in [0.5, 0.6) is 5.75 Å². The fourth-order valence-corrected chi connectivity index (χ4v) is 3.90. The third-order valence-corrected chi connectivity index (χ3v) is 6.19. The summed E-state index contributed by atoms with van der Waals surface area (Å²) in [6.07, 6.45) is 0.725. The second kappa shape index (κ2) is 15.2. The number of carbonyl (C=O) groups excluding carboxylic acids is 4. The Kier molecular flexibility index (Phi) is 13.1. The first-order chi connectivity index (χ1) is 16.1. The molecule has 2 N–H and O–H groups in total. The molecule has 0 aliphatic rings. The molecule has 10 nitrogen and oxygen atoms in total. The Balaban J connectivity index is 2.60. The summed E-state index contributed by atoms with van der Waals surface area (Å²) in [6.45, 7) is 4.13. The molecule has 0 saturated carbocycles. The molecule has 0 bridgehead atoms. The molecule has 5 amide bonds. The van der Waals surface area contributed by atoms with E-state index in [0.717, 1.165) is 22.0 Å². The zero-order chi connectivity index (χ0) is 25.7. The van der Waals surface area contributed by atoms with Crippen molar-refractivity contribution in [3.63, 3.8) is 0 Å². The average Bonchev–Trinajstić information content (AvgIpc) is 2.84. The van der Waals surface area contributed by atoms with Gasteiger partial charge in [0.1, 0.15) is 5.75 Å². The number of ether oxygens (including phenoxy) is 2. The normalized spacial score (nSPS) is 11.5. The number of imide groups is 2. The number of carbonyl (C=O) groups is 4. The van der Waals surface area contributed by atoms with Crippen LogP contribution in [0.2, 0.25) is 0 Å². The van der Waals surface area contributed by atoms with Gasteiger partial charge in [-0.3, -0.25) is 19.7 Å². The van der Waals surface area contributed by atoms with Crippen molar-refractivity contribution in [1.82, 2.24) is 15.3 Å². The molecule has 0 aromatic heterocycles. The van der Waals surface area contributed by atoms with Gasteiger partial charge in [0, 0.05) is 30.7 Å². The molecule has 1 rings (SSSR count). The summed E-state index contributed by atoms with van der Waals surface area (Å²) in [7, 11) is 4.05. The first-order valence-electron chi connectivity index (χ1n) is 11.0. The Labute approximate surface area is 204 Å². The van der Waals surface area contributed by atoms with Crippen molar-refractivity contribution in [2.45, 2.75) is 44.4 Å². The van der Waals surface area contributed by atoms with Crippen LogP contribution < -0.4 is 10.1 Å². The second-order valence-corrected chi connectivity index (χ2v) is 9.16. The van der Waals surface area contributed by atoms with Crippen LogP contribution in [0.4, 0.5) is 9.59 Å². The lowest BCUT2D eigenvalue weighted by atomic mass is 9.98. The van der Waals surface area contributed by atoms with E-state index in [4.69, 9.17) is 4.74 Å². The number of rotatable bonds is 12. The monoisotopic (exact) mass is 497 g/mol. The van der Waals surface area contributed by atoms with Crippen LogP contribution >= 0.6 is 11.8 Å². The van der Waals surface area contributed by atoms with Gasteiger partial charge in [0.05, 0.1) is 20.1 Å². The van der Waals surface area contributed by atoms with Gasteiger partial charge in [-0.1, -0.05) is 20.3 Å². The van der Waals surface area contributed by atoms with Gasteiger partial charge in [-0.25, -0.2) is 9.59 Å². The lowest BCUT2D eigenvalue weighted by Gasteiger charge is -2.21. The highest BCUT2D eigenvalue weighted by Gasteiger charge is 2.28. The van der Waals surface area contributed by atoms with E-state index in [1.165, 1.54) is 25.9 Å². The van der Waals surface area contributed by atoms with Gasteiger partial charge in [-0.05, 0) is 43.0 Å². The number of benzene rings is 1. The Morgan fingerprint density at radius 3 is 2.29 bits per heavy atom. The zero-order valence-electron chi connectivity index (χ0n) is 20.4. The molecule has 0 aliphatic heterocycles. The number of nitrogens with one attached hydrogen (secondary N) is 1. The van der Waals surface area contributed by atoms with Crippen molar-refractivity contribution in [1.29, 1.82) is 0 Å². The van der Waals surface area contributed by atoms with Crippen LogP contribution in [-0.2, 0) is 14.3 Å². The maximum absolute atomic E-state index is 12.8. The summed E-state index contributed by atoms with van der Waals surface area (Å²) in [4.78, 5) is 50.0. The minimum absolute atomic E-state index is 0.0131. The van der Waals surface area contributed by atoms with Gasteiger partial charge in [0.25, 0.3) is 5.91 Å². The third kappa shape index (κ3) is 10.0. The molecule has 11 heteroatoms. The van der Waals surface area contributed by atoms with Crippen LogP contribution in [0.3, 0.4) is 0 Å². The van der Waals surface area contributed by atoms with Gasteiger partial charge >= 0.3 is 12.1 Å². The molecule has 190 valence electrons. The fraction of sp³-hybridized carbons (Fsp3) is 0.565. The highest BCUT2D eigenvalue weighted by Crippen LogP contribution is 2.26. The Hall–Kier alpha value is -2.79. The number of nitrogens with zero attached hydrogens (tertiary/aromatic N) is 2. The first kappa shape index (κ1) is 29.2. The topological polar surface area (TPSA) is 125 Å². The van der Waals surface area contributed by atoms with Crippen LogP contribution in [-0.4, -0.2) is 72.7 Å². The van der Waals surface area contributed by atoms with E-state index in [1.807, 2.05) is 38.1 Å². The summed E-state index contributed by atoms with van der Waals surface area (Å²) >= 11 is 1.46. The Bertz CT molecular complexity index is 817. The molecule has 1 atom stereocenters. The number of amides is 5. The van der Waals surface area contributed by atoms with Crippen molar-refractivity contribution in [2.75, 3.05) is 33.6 Å². The SMILES string of the molecule is COC(=O)N(C)C(=O)CCCNC(=O)N(O)C(=O)[C@H](CCC(C)C)CSc1ccc(OC)cc1. The lowest BCUT2D eigenvalue weighted by Crippen LogP contribution is -2.45. The molecule has 0 aliphatic carbocycles. The molecular formula is C23H35N3O7S. The number of thioether (sulfide) groups is 1. The van der Waals surface area contributed by atoms with E-state index in [-0.39, 0.29) is 24.4 Å². The summed E-state index contributed by atoms with van der Waals surface area (Å²) < 4.78 is 9.61. The van der Waals surface area contributed by atoms with Crippen LogP contribution in [0, 0.1) is 11.8 Å². The fourth-order valence-electron chi connectivity index (χ4n) is 2.87. The summed E-state index contributed by atoms with van der Waals surface area (Å²) in [5, 5.41) is 12.7. The number of urea groups is 1. The highest BCUT2D eigenvalue weighted by molar-refractivity contribution is 7.99. The number of hydrogen-bond acceptors (Lipinski definition) is 8. The van der Waals surface area contributed by atoms with Gasteiger partial charge < -0.3 is 14.8 Å². The zero-order valence-corrected chi connectivity index (χ0v) is 21.2. The van der Waals surface area contributed by atoms with Gasteiger partial charge in [0.2, 0.25) is 5.91 Å². The number of hydroxylamine groups is 2. The highest BCUT2D eigenvalue weighted by atomic mass is 32.2. The molecule has 0 saturated heterocycles. The molecule has 0 heterocycles. The quantitative estimate of drug-likeness (QED) is 0.193. The van der Waals surface area contributed by atoms with Gasteiger partial charge in [0.15, 0.2) is 0 Å². The summed E-state index contributed by atoms with van der Waals surface area (Å²) in [6, 6.07) is 6.47. The van der Waals surface area contributed by atoms with E-state index < -0.39 is 29.9 Å². The molecule has 0 radical (unpaired) electrons. The van der Waals surface area contributed by atoms with E-state index in [0.29, 0.717) is 18.1 Å². The predicted octanol–water partition coefficient (Wildman–Crippen LogP) is 3.77. The van der Waals surface area contributed by atoms with E-state index in [1.54, 1.807) is 7.11 Å². The van der Waals surface area contributed by atoms with E-state index in [9.17, 15) is 24.4 Å². The van der Waals surface area contributed by atoms with Crippen LogP contribution in [0.25, 0.3) is 0 Å². The Morgan fingerprint density at radius 2 is 1.74 bits per heavy atom. The Morgan fingerprint density at radius 1 is 1.09 bits per heavy atom. The number of hydrogen-bond donors (Lipinski definition) is 2. The molecule has 0 spiro atoms. The number of methoxy groups -OCH3 is 2. The molecule has 0 unspecified atom stereocenters. The van der Waals surface area contributed by atoms with E-state index >= 15 is 0 Å². The molecule has 0 fully saturated rings. The third-order valence-electron chi connectivity index (χ3n) is 5.02. The minimum Gasteiger partial charge on any atom is -0.497 e. The minimum atomic E-state index is -0.956. The largest absolute Gasteiger partial charge is 0.497 e. The molecule has 1 aromatic carbocycles. The standard InChI is InChI=1S/C23H35N3O7S/c1-16(2)8-9-17(15-34-19-12-10-18(32-4)11-13-19)21(28)26(31)22(29)24-14-6-7-20(27)25(3)23(30)33-5/h10-13,16-17,31H,6-9,14-15H2,1-5H3,(H,24,29)/t17-/m1/s1. The van der Waals surface area contributed by atoms with Crippen LogP contribution in [0.1, 0.15) is 39.5 Å². The first-order valence-corrected chi connectivity index (χ1v) is 12.0. The van der Waals surface area contributed by atoms with Crippen molar-refractivity contribution in [2.24, 2.45) is 11.8 Å². The second-order valence-electron chi connectivity index (χ2n) is 8.06. The van der Waals surface area contributed by atoms with Crippen molar-refractivity contribution in [3.05, 3.63) is 24.3 Å². The average molecular weight is 498 g/mol.